The second kappa shape index (κ2) is 8.06. The molecule has 1 aromatic carbocycles. The summed E-state index contributed by atoms with van der Waals surface area (Å²) in [5.74, 6) is 0.203. The van der Waals surface area contributed by atoms with Crippen LogP contribution in [0.15, 0.2) is 24.3 Å². The predicted octanol–water partition coefficient (Wildman–Crippen LogP) is 1.92. The maximum absolute atomic E-state index is 12.2. The molecule has 0 spiro atoms. The molecule has 0 aromatic heterocycles. The standard InChI is InChI=1S/C18H24N2O4.ClH/c1-24-15-6-4-13(5-7-15)9-19-16(21)11-20-10-14-3-2-8-18(14,12-20)17(22)23;/h4-7,14H,2-3,8-12H2,1H3,(H,19,21)(H,22,23);1H/t14-,18+;/m0./s1. The minimum Gasteiger partial charge on any atom is -0.497 e. The second-order valence-corrected chi connectivity index (χ2v) is 6.84. The smallest absolute Gasteiger partial charge is 0.311 e. The van der Waals surface area contributed by atoms with E-state index in [1.165, 1.54) is 0 Å². The van der Waals surface area contributed by atoms with Crippen LogP contribution >= 0.6 is 12.4 Å². The minimum absolute atomic E-state index is 0. The van der Waals surface area contributed by atoms with Gasteiger partial charge in [-0.05, 0) is 36.5 Å². The fourth-order valence-electron chi connectivity index (χ4n) is 4.07. The van der Waals surface area contributed by atoms with Crippen molar-refractivity contribution >= 4 is 24.3 Å². The highest BCUT2D eigenvalue weighted by atomic mass is 35.5. The average Bonchev–Trinajstić information content (AvgIpc) is 3.11. The number of likely N-dealkylation sites (tertiary alicyclic amines) is 1. The van der Waals surface area contributed by atoms with Gasteiger partial charge in [-0.2, -0.15) is 0 Å². The molecule has 1 amide bonds. The number of nitrogens with one attached hydrogen (secondary N) is 1. The number of nitrogens with zero attached hydrogens (tertiary/aromatic N) is 1. The van der Waals surface area contributed by atoms with Crippen molar-refractivity contribution in [3.05, 3.63) is 29.8 Å². The van der Waals surface area contributed by atoms with E-state index in [1.54, 1.807) is 7.11 Å². The highest BCUT2D eigenvalue weighted by molar-refractivity contribution is 5.85. The van der Waals surface area contributed by atoms with Crippen LogP contribution in [0.5, 0.6) is 5.75 Å². The van der Waals surface area contributed by atoms with Crippen LogP contribution in [-0.4, -0.2) is 48.6 Å². The van der Waals surface area contributed by atoms with Crippen LogP contribution < -0.4 is 10.1 Å². The van der Waals surface area contributed by atoms with E-state index in [1.807, 2.05) is 29.2 Å². The third-order valence-electron chi connectivity index (χ3n) is 5.38. The van der Waals surface area contributed by atoms with Crippen molar-refractivity contribution in [1.82, 2.24) is 10.2 Å². The molecule has 1 saturated carbocycles. The molecule has 138 valence electrons. The normalized spacial score (nSPS) is 25.1. The fourth-order valence-corrected chi connectivity index (χ4v) is 4.07. The number of aliphatic carboxylic acids is 1. The lowest BCUT2D eigenvalue weighted by atomic mass is 9.81. The Hall–Kier alpha value is -1.79. The van der Waals surface area contributed by atoms with Crippen molar-refractivity contribution in [3.8, 4) is 5.75 Å². The van der Waals surface area contributed by atoms with Gasteiger partial charge in [-0.15, -0.1) is 12.4 Å². The van der Waals surface area contributed by atoms with Crippen LogP contribution in [0, 0.1) is 11.3 Å². The number of methoxy groups -OCH3 is 1. The third-order valence-corrected chi connectivity index (χ3v) is 5.38. The number of hydrogen-bond donors (Lipinski definition) is 2. The molecule has 6 nitrogen and oxygen atoms in total. The van der Waals surface area contributed by atoms with E-state index >= 15 is 0 Å². The lowest BCUT2D eigenvalue weighted by Gasteiger charge is -2.23. The lowest BCUT2D eigenvalue weighted by Crippen LogP contribution is -2.39. The van der Waals surface area contributed by atoms with Gasteiger partial charge in [0.05, 0.1) is 19.1 Å². The molecule has 2 fully saturated rings. The Morgan fingerprint density at radius 2 is 2.08 bits per heavy atom. The van der Waals surface area contributed by atoms with Gasteiger partial charge in [0.2, 0.25) is 5.91 Å². The summed E-state index contributed by atoms with van der Waals surface area (Å²) in [6, 6.07) is 7.55. The van der Waals surface area contributed by atoms with E-state index in [9.17, 15) is 14.7 Å². The van der Waals surface area contributed by atoms with Gasteiger partial charge < -0.3 is 15.2 Å². The quantitative estimate of drug-likeness (QED) is 0.802. The summed E-state index contributed by atoms with van der Waals surface area (Å²) in [5, 5.41) is 12.5. The van der Waals surface area contributed by atoms with Crippen molar-refractivity contribution in [2.45, 2.75) is 25.8 Å². The zero-order valence-electron chi connectivity index (χ0n) is 14.4. The first kappa shape index (κ1) is 19.5. The number of amides is 1. The number of carbonyl (C=O) groups is 2. The molecular formula is C18H25ClN2O4. The molecule has 1 aromatic rings. The molecule has 1 aliphatic heterocycles. The topological polar surface area (TPSA) is 78.9 Å². The summed E-state index contributed by atoms with van der Waals surface area (Å²) in [7, 11) is 1.62. The van der Waals surface area contributed by atoms with E-state index < -0.39 is 11.4 Å². The van der Waals surface area contributed by atoms with E-state index in [2.05, 4.69) is 5.32 Å². The number of carboxylic acid groups (broad SMARTS) is 1. The second-order valence-electron chi connectivity index (χ2n) is 6.84. The van der Waals surface area contributed by atoms with Gasteiger partial charge in [0.1, 0.15) is 5.75 Å². The molecular weight excluding hydrogens is 344 g/mol. The lowest BCUT2D eigenvalue weighted by molar-refractivity contribution is -0.149. The molecule has 0 unspecified atom stereocenters. The number of carbonyl (C=O) groups excluding carboxylic acids is 1. The number of hydrogen-bond acceptors (Lipinski definition) is 4. The van der Waals surface area contributed by atoms with Gasteiger partial charge in [-0.25, -0.2) is 0 Å². The summed E-state index contributed by atoms with van der Waals surface area (Å²) in [6.07, 6.45) is 2.67. The van der Waals surface area contributed by atoms with E-state index in [0.29, 0.717) is 19.6 Å². The van der Waals surface area contributed by atoms with Gasteiger partial charge >= 0.3 is 5.97 Å². The van der Waals surface area contributed by atoms with E-state index in [-0.39, 0.29) is 30.8 Å². The zero-order chi connectivity index (χ0) is 17.2. The third kappa shape index (κ3) is 4.07. The van der Waals surface area contributed by atoms with Crippen molar-refractivity contribution in [2.75, 3.05) is 26.7 Å². The molecule has 2 atom stereocenters. The monoisotopic (exact) mass is 368 g/mol. The molecule has 2 N–H and O–H groups in total. The Labute approximate surface area is 153 Å². The van der Waals surface area contributed by atoms with Gasteiger partial charge in [0.25, 0.3) is 0 Å². The molecule has 3 rings (SSSR count). The molecule has 1 aliphatic carbocycles. The van der Waals surface area contributed by atoms with Crippen molar-refractivity contribution in [3.63, 3.8) is 0 Å². The summed E-state index contributed by atoms with van der Waals surface area (Å²) < 4.78 is 5.11. The number of rotatable bonds is 6. The molecule has 7 heteroatoms. The number of ether oxygens (including phenoxy) is 1. The highest BCUT2D eigenvalue weighted by Gasteiger charge is 2.54. The Balaban J connectivity index is 0.00000225. The van der Waals surface area contributed by atoms with Gasteiger partial charge in [-0.3, -0.25) is 14.5 Å². The predicted molar refractivity (Wildman–Crippen MR) is 95.9 cm³/mol. The Morgan fingerprint density at radius 1 is 1.36 bits per heavy atom. The number of carboxylic acids is 1. The first-order valence-electron chi connectivity index (χ1n) is 8.39. The first-order chi connectivity index (χ1) is 11.5. The van der Waals surface area contributed by atoms with Crippen LogP contribution in [0.25, 0.3) is 0 Å². The maximum Gasteiger partial charge on any atom is 0.311 e. The largest absolute Gasteiger partial charge is 0.497 e. The first-order valence-corrected chi connectivity index (χ1v) is 8.39. The van der Waals surface area contributed by atoms with Gasteiger partial charge in [-0.1, -0.05) is 18.6 Å². The zero-order valence-corrected chi connectivity index (χ0v) is 15.2. The Kier molecular flexibility index (Phi) is 6.30. The average molecular weight is 369 g/mol. The minimum atomic E-state index is -0.703. The molecule has 1 heterocycles. The molecule has 0 bridgehead atoms. The van der Waals surface area contributed by atoms with Gasteiger partial charge in [0.15, 0.2) is 0 Å². The Bertz CT molecular complexity index is 622. The van der Waals surface area contributed by atoms with E-state index in [4.69, 9.17) is 4.74 Å². The summed E-state index contributed by atoms with van der Waals surface area (Å²) >= 11 is 0. The van der Waals surface area contributed by atoms with Crippen LogP contribution in [0.2, 0.25) is 0 Å². The maximum atomic E-state index is 12.2. The molecule has 2 aliphatic rings. The molecule has 1 saturated heterocycles. The van der Waals surface area contributed by atoms with Crippen molar-refractivity contribution in [1.29, 1.82) is 0 Å². The molecule has 0 radical (unpaired) electrons. The van der Waals surface area contributed by atoms with Crippen molar-refractivity contribution in [2.24, 2.45) is 11.3 Å². The summed E-state index contributed by atoms with van der Waals surface area (Å²) in [6.45, 7) is 1.93. The summed E-state index contributed by atoms with van der Waals surface area (Å²) in [4.78, 5) is 25.8. The molecule has 25 heavy (non-hydrogen) atoms. The van der Waals surface area contributed by atoms with Gasteiger partial charge in [0, 0.05) is 19.6 Å². The SMILES string of the molecule is COc1ccc(CNC(=O)CN2C[C@@H]3CCC[C@@]3(C(=O)O)C2)cc1.Cl. The van der Waals surface area contributed by atoms with Crippen LogP contribution in [-0.2, 0) is 16.1 Å². The Morgan fingerprint density at radius 3 is 2.68 bits per heavy atom. The fraction of sp³-hybridized carbons (Fsp3) is 0.556. The number of halogens is 1. The number of fused-ring (bicyclic) bond motifs is 1. The van der Waals surface area contributed by atoms with Crippen molar-refractivity contribution < 1.29 is 19.4 Å². The number of benzene rings is 1. The summed E-state index contributed by atoms with van der Waals surface area (Å²) in [5.41, 5.74) is 0.375. The van der Waals surface area contributed by atoms with Crippen LogP contribution in [0.3, 0.4) is 0 Å². The van der Waals surface area contributed by atoms with Crippen LogP contribution in [0.4, 0.5) is 0 Å². The van der Waals surface area contributed by atoms with Crippen LogP contribution in [0.1, 0.15) is 24.8 Å². The van der Waals surface area contributed by atoms with E-state index in [0.717, 1.165) is 30.6 Å². The highest BCUT2D eigenvalue weighted by Crippen LogP contribution is 2.48.